The number of nitrogens with zero attached hydrogens (tertiary/aromatic N) is 4. The van der Waals surface area contributed by atoms with E-state index in [-0.39, 0.29) is 35.0 Å². The maximum atomic E-state index is 13.3. The van der Waals surface area contributed by atoms with Crippen molar-refractivity contribution in [3.63, 3.8) is 0 Å². The molecule has 1 aromatic rings. The molecule has 0 N–H and O–H groups in total. The van der Waals surface area contributed by atoms with E-state index in [9.17, 15) is 19.6 Å². The van der Waals surface area contributed by atoms with Gasteiger partial charge >= 0.3 is 5.97 Å². The van der Waals surface area contributed by atoms with Crippen LogP contribution in [0.15, 0.2) is 9.70 Å². The number of carbonyl (C=O) groups is 2. The molecule has 0 bridgehead atoms. The molecular weight excluding hydrogens is 484 g/mol. The number of thioether (sulfide) groups is 1. The Morgan fingerprint density at radius 1 is 1.34 bits per heavy atom. The van der Waals surface area contributed by atoms with E-state index < -0.39 is 0 Å². The molecule has 2 fully saturated rings. The topological polar surface area (TPSA) is 95.6 Å². The summed E-state index contributed by atoms with van der Waals surface area (Å²) in [5.41, 5.74) is 0.870. The van der Waals surface area contributed by atoms with E-state index >= 15 is 0 Å². The first-order valence-corrected chi connectivity index (χ1v) is 13.2. The molecule has 3 rings (SSSR count). The number of pyridine rings is 1. The second-order valence-corrected chi connectivity index (χ2v) is 10.7. The summed E-state index contributed by atoms with van der Waals surface area (Å²) in [5.74, 6) is -0.101. The lowest BCUT2D eigenvalue weighted by Gasteiger charge is -2.36. The highest BCUT2D eigenvalue weighted by molar-refractivity contribution is 8.26. The number of aromatic nitrogens is 1. The van der Waals surface area contributed by atoms with E-state index in [0.717, 1.165) is 6.42 Å². The molecule has 1 aromatic heterocycles. The quantitative estimate of drug-likeness (QED) is 0.307. The number of nitriles is 1. The van der Waals surface area contributed by atoms with Crippen molar-refractivity contribution in [3.8, 4) is 6.07 Å². The molecule has 0 aliphatic carbocycles. The maximum Gasteiger partial charge on any atom is 0.310 e. The van der Waals surface area contributed by atoms with Crippen molar-refractivity contribution < 1.29 is 14.3 Å². The first kappa shape index (κ1) is 27.0. The molecule has 35 heavy (non-hydrogen) atoms. The predicted molar refractivity (Wildman–Crippen MR) is 142 cm³/mol. The van der Waals surface area contributed by atoms with Crippen LogP contribution >= 0.6 is 24.0 Å². The second kappa shape index (κ2) is 11.4. The number of amides is 1. The number of ether oxygens (including phenoxy) is 1. The number of piperidine rings is 1. The van der Waals surface area contributed by atoms with E-state index in [4.69, 9.17) is 17.0 Å². The van der Waals surface area contributed by atoms with E-state index in [0.29, 0.717) is 65.3 Å². The highest BCUT2D eigenvalue weighted by atomic mass is 32.2. The molecule has 0 spiro atoms. The molecule has 0 saturated carbocycles. The monoisotopic (exact) mass is 516 g/mol. The maximum absolute atomic E-state index is 13.3. The van der Waals surface area contributed by atoms with E-state index in [1.807, 2.05) is 25.7 Å². The van der Waals surface area contributed by atoms with Crippen LogP contribution < -0.4 is 10.5 Å². The molecule has 188 valence electrons. The summed E-state index contributed by atoms with van der Waals surface area (Å²) in [7, 11) is 0. The van der Waals surface area contributed by atoms with Crippen molar-refractivity contribution in [3.05, 3.63) is 31.9 Å². The van der Waals surface area contributed by atoms with Gasteiger partial charge in [0.2, 0.25) is 0 Å². The van der Waals surface area contributed by atoms with E-state index in [2.05, 4.69) is 6.07 Å². The van der Waals surface area contributed by atoms with Crippen LogP contribution in [0, 0.1) is 24.2 Å². The normalized spacial score (nSPS) is 19.6. The van der Waals surface area contributed by atoms with Gasteiger partial charge in [0.1, 0.15) is 21.8 Å². The molecule has 0 aromatic carbocycles. The van der Waals surface area contributed by atoms with Gasteiger partial charge in [-0.1, -0.05) is 30.9 Å². The number of carbonyl (C=O) groups excluding carboxylic acids is 2. The fourth-order valence-corrected chi connectivity index (χ4v) is 6.10. The second-order valence-electron chi connectivity index (χ2n) is 8.99. The Morgan fingerprint density at radius 2 is 2.06 bits per heavy atom. The molecule has 2 aliphatic rings. The Balaban J connectivity index is 2.22. The zero-order valence-corrected chi connectivity index (χ0v) is 22.6. The largest absolute Gasteiger partial charge is 0.466 e. The van der Waals surface area contributed by atoms with Crippen LogP contribution in [0.3, 0.4) is 0 Å². The lowest BCUT2D eigenvalue weighted by molar-refractivity contribution is -0.148. The van der Waals surface area contributed by atoms with Gasteiger partial charge in [0.05, 0.1) is 17.4 Å². The van der Waals surface area contributed by atoms with Gasteiger partial charge in [-0.15, -0.1) is 0 Å². The minimum absolute atomic E-state index is 0.0618. The van der Waals surface area contributed by atoms with Gasteiger partial charge in [-0.3, -0.25) is 23.9 Å². The van der Waals surface area contributed by atoms with E-state index in [1.54, 1.807) is 29.4 Å². The van der Waals surface area contributed by atoms with Crippen LogP contribution in [0.2, 0.25) is 0 Å². The number of thiocarbonyl (C=S) groups is 1. The molecule has 3 heterocycles. The predicted octanol–water partition coefficient (Wildman–Crippen LogP) is 3.83. The molecule has 0 radical (unpaired) electrons. The Hall–Kier alpha value is -2.64. The summed E-state index contributed by atoms with van der Waals surface area (Å²) < 4.78 is 7.37. The molecule has 2 aliphatic heterocycles. The molecule has 1 atom stereocenters. The van der Waals surface area contributed by atoms with Crippen LogP contribution in [0.5, 0.6) is 0 Å². The van der Waals surface area contributed by atoms with Crippen LogP contribution in [-0.4, -0.2) is 51.4 Å². The minimum Gasteiger partial charge on any atom is -0.466 e. The van der Waals surface area contributed by atoms with Gasteiger partial charge in [0.25, 0.3) is 11.5 Å². The fourth-order valence-electron chi connectivity index (χ4n) is 4.59. The lowest BCUT2D eigenvalue weighted by atomic mass is 9.96. The highest BCUT2D eigenvalue weighted by Crippen LogP contribution is 2.37. The summed E-state index contributed by atoms with van der Waals surface area (Å²) in [6.07, 6.45) is 3.92. The Bertz CT molecular complexity index is 1170. The highest BCUT2D eigenvalue weighted by Gasteiger charge is 2.35. The fraction of sp³-hybridized carbons (Fsp3) is 0.560. The zero-order chi connectivity index (χ0) is 25.9. The molecule has 2 saturated heterocycles. The Labute approximate surface area is 215 Å². The number of rotatable bonds is 7. The van der Waals surface area contributed by atoms with Crippen molar-refractivity contribution >= 4 is 52.1 Å². The van der Waals surface area contributed by atoms with Crippen LogP contribution in [0.1, 0.15) is 63.6 Å². The van der Waals surface area contributed by atoms with Gasteiger partial charge in [0, 0.05) is 31.2 Å². The van der Waals surface area contributed by atoms with Gasteiger partial charge in [-0.2, -0.15) is 5.26 Å². The van der Waals surface area contributed by atoms with Crippen molar-refractivity contribution in [2.45, 2.75) is 66.5 Å². The molecule has 8 nitrogen and oxygen atoms in total. The summed E-state index contributed by atoms with van der Waals surface area (Å²) in [4.78, 5) is 43.1. The standard InChI is InChI=1S/C25H32N4O4S2/c1-6-10-28-21(27-11-8-9-17(14-27)24(32)33-7-2)18(16(5)19(13-26)22(28)30)12-20-23(31)29(15(3)4)25(34)35-20/h12,15,17H,6-11,14H2,1-5H3. The third-order valence-corrected chi connectivity index (χ3v) is 7.58. The minimum atomic E-state index is -0.355. The Kier molecular flexibility index (Phi) is 8.78. The number of anilines is 1. The summed E-state index contributed by atoms with van der Waals surface area (Å²) in [5, 5.41) is 9.80. The van der Waals surface area contributed by atoms with Crippen LogP contribution in [-0.2, 0) is 20.9 Å². The van der Waals surface area contributed by atoms with Gasteiger partial charge in [0.15, 0.2) is 0 Å². The van der Waals surface area contributed by atoms with Crippen molar-refractivity contribution in [1.82, 2.24) is 9.47 Å². The molecule has 10 heteroatoms. The average molecular weight is 517 g/mol. The van der Waals surface area contributed by atoms with Crippen molar-refractivity contribution in [2.75, 3.05) is 24.6 Å². The number of hydrogen-bond donors (Lipinski definition) is 0. The smallest absolute Gasteiger partial charge is 0.310 e. The van der Waals surface area contributed by atoms with Gasteiger partial charge in [-0.05, 0) is 58.6 Å². The SMILES string of the molecule is CCCn1c(N2CCCC(C(=O)OCC)C2)c(C=C2SC(=S)N(C(C)C)C2=O)c(C)c(C#N)c1=O. The number of hydrogen-bond acceptors (Lipinski definition) is 8. The first-order valence-electron chi connectivity index (χ1n) is 12.0. The van der Waals surface area contributed by atoms with Gasteiger partial charge < -0.3 is 9.64 Å². The lowest BCUT2D eigenvalue weighted by Crippen LogP contribution is -2.43. The third-order valence-electron chi connectivity index (χ3n) is 6.25. The number of esters is 1. The molecular formula is C25H32N4O4S2. The van der Waals surface area contributed by atoms with Crippen molar-refractivity contribution in [1.29, 1.82) is 5.26 Å². The Morgan fingerprint density at radius 3 is 2.63 bits per heavy atom. The van der Waals surface area contributed by atoms with Crippen LogP contribution in [0.4, 0.5) is 5.82 Å². The van der Waals surface area contributed by atoms with Crippen LogP contribution in [0.25, 0.3) is 6.08 Å². The molecule has 1 amide bonds. The summed E-state index contributed by atoms with van der Waals surface area (Å²) in [6.45, 7) is 11.1. The first-order chi connectivity index (χ1) is 16.7. The molecule has 1 unspecified atom stereocenters. The average Bonchev–Trinajstić information content (AvgIpc) is 3.10. The third kappa shape index (κ3) is 5.31. The summed E-state index contributed by atoms with van der Waals surface area (Å²) in [6, 6.07) is 1.99. The van der Waals surface area contributed by atoms with E-state index in [1.165, 1.54) is 11.8 Å². The zero-order valence-electron chi connectivity index (χ0n) is 20.9. The van der Waals surface area contributed by atoms with Gasteiger partial charge in [-0.25, -0.2) is 0 Å². The summed E-state index contributed by atoms with van der Waals surface area (Å²) >= 11 is 6.67. The van der Waals surface area contributed by atoms with Crippen molar-refractivity contribution in [2.24, 2.45) is 5.92 Å².